The van der Waals surface area contributed by atoms with Crippen molar-refractivity contribution in [2.75, 3.05) is 5.32 Å². The molecule has 2 N–H and O–H groups in total. The van der Waals surface area contributed by atoms with Crippen molar-refractivity contribution >= 4 is 29.2 Å². The number of carbonyl (C=O) groups excluding carboxylic acids is 2. The summed E-state index contributed by atoms with van der Waals surface area (Å²) in [7, 11) is 0. The van der Waals surface area contributed by atoms with Crippen molar-refractivity contribution in [2.45, 2.75) is 0 Å². The Labute approximate surface area is 136 Å². The minimum absolute atomic E-state index is 0.169. The Morgan fingerprint density at radius 2 is 1.25 bits per heavy atom. The molecule has 3 amide bonds. The standard InChI is InChI=1S/C14H6ClF5N2O2/c15-5-1-3-6(4-2-5)21-14(24)22-13(23)7-8(16)10(18)12(20)11(19)9(7)17/h1-4H,(H2,21,22,23,24). The van der Waals surface area contributed by atoms with Gasteiger partial charge in [0, 0.05) is 10.7 Å². The number of urea groups is 1. The van der Waals surface area contributed by atoms with Crippen LogP contribution in [0.25, 0.3) is 0 Å². The molecule has 0 atom stereocenters. The fourth-order valence-corrected chi connectivity index (χ4v) is 1.79. The quantitative estimate of drug-likeness (QED) is 0.481. The summed E-state index contributed by atoms with van der Waals surface area (Å²) in [6.07, 6.45) is 0. The number of halogens is 6. The molecule has 0 aliphatic carbocycles. The van der Waals surface area contributed by atoms with Crippen LogP contribution in [0.1, 0.15) is 10.4 Å². The lowest BCUT2D eigenvalue weighted by Crippen LogP contribution is -2.36. The first kappa shape index (κ1) is 17.7. The van der Waals surface area contributed by atoms with Gasteiger partial charge in [0.1, 0.15) is 5.56 Å². The van der Waals surface area contributed by atoms with Crippen molar-refractivity contribution in [3.63, 3.8) is 0 Å². The lowest BCUT2D eigenvalue weighted by Gasteiger charge is -2.09. The second kappa shape index (κ2) is 6.83. The molecule has 0 saturated carbocycles. The maximum absolute atomic E-state index is 13.4. The lowest BCUT2D eigenvalue weighted by molar-refractivity contribution is 0.0955. The number of amides is 3. The Hall–Kier alpha value is -2.68. The highest BCUT2D eigenvalue weighted by Gasteiger charge is 2.30. The summed E-state index contributed by atoms with van der Waals surface area (Å²) < 4.78 is 65.8. The maximum atomic E-state index is 13.4. The molecular weight excluding hydrogens is 359 g/mol. The summed E-state index contributed by atoms with van der Waals surface area (Å²) in [4.78, 5) is 23.2. The van der Waals surface area contributed by atoms with E-state index in [0.717, 1.165) is 0 Å². The number of hydrogen-bond donors (Lipinski definition) is 2. The number of nitrogens with one attached hydrogen (secondary N) is 2. The van der Waals surface area contributed by atoms with Crippen LogP contribution >= 0.6 is 11.6 Å². The van der Waals surface area contributed by atoms with Crippen LogP contribution in [0.4, 0.5) is 32.4 Å². The molecule has 4 nitrogen and oxygen atoms in total. The van der Waals surface area contributed by atoms with Crippen LogP contribution in [0.15, 0.2) is 24.3 Å². The van der Waals surface area contributed by atoms with Gasteiger partial charge in [0.25, 0.3) is 5.91 Å². The Morgan fingerprint density at radius 3 is 1.75 bits per heavy atom. The Balaban J connectivity index is 2.21. The van der Waals surface area contributed by atoms with Crippen LogP contribution in [-0.4, -0.2) is 11.9 Å². The van der Waals surface area contributed by atoms with Crippen LogP contribution in [0, 0.1) is 29.1 Å². The molecule has 2 aromatic rings. The molecule has 0 fully saturated rings. The lowest BCUT2D eigenvalue weighted by atomic mass is 10.1. The van der Waals surface area contributed by atoms with Gasteiger partial charge in [-0.05, 0) is 24.3 Å². The Bertz CT molecular complexity index is 798. The smallest absolute Gasteiger partial charge is 0.308 e. The first-order chi connectivity index (χ1) is 11.2. The number of carbonyl (C=O) groups is 2. The van der Waals surface area contributed by atoms with Gasteiger partial charge in [0.2, 0.25) is 5.82 Å². The molecule has 2 aromatic carbocycles. The summed E-state index contributed by atoms with van der Waals surface area (Å²) in [6, 6.07) is 4.27. The van der Waals surface area contributed by atoms with Gasteiger partial charge in [-0.1, -0.05) is 11.6 Å². The van der Waals surface area contributed by atoms with Crippen molar-refractivity contribution in [1.82, 2.24) is 5.32 Å². The zero-order chi connectivity index (χ0) is 18.0. The van der Waals surface area contributed by atoms with Crippen LogP contribution in [0.5, 0.6) is 0 Å². The summed E-state index contributed by atoms with van der Waals surface area (Å²) in [5.41, 5.74) is -1.60. The SMILES string of the molecule is O=C(NC(=O)c1c(F)c(F)c(F)c(F)c1F)Nc1ccc(Cl)cc1. The van der Waals surface area contributed by atoms with Crippen molar-refractivity contribution < 1.29 is 31.5 Å². The minimum atomic E-state index is -2.41. The monoisotopic (exact) mass is 364 g/mol. The molecule has 0 heterocycles. The highest BCUT2D eigenvalue weighted by Crippen LogP contribution is 2.23. The van der Waals surface area contributed by atoms with E-state index >= 15 is 0 Å². The van der Waals surface area contributed by atoms with Crippen LogP contribution in [0.3, 0.4) is 0 Å². The molecule has 0 aromatic heterocycles. The summed E-state index contributed by atoms with van der Waals surface area (Å²) in [5.74, 6) is -13.5. The van der Waals surface area contributed by atoms with Gasteiger partial charge in [-0.2, -0.15) is 0 Å². The van der Waals surface area contributed by atoms with Gasteiger partial charge < -0.3 is 5.32 Å². The zero-order valence-electron chi connectivity index (χ0n) is 11.4. The van der Waals surface area contributed by atoms with Gasteiger partial charge >= 0.3 is 6.03 Å². The third-order valence-electron chi connectivity index (χ3n) is 2.77. The molecule has 10 heteroatoms. The topological polar surface area (TPSA) is 58.2 Å². The summed E-state index contributed by atoms with van der Waals surface area (Å²) in [5, 5.41) is 3.93. The molecule has 126 valence electrons. The van der Waals surface area contributed by atoms with Gasteiger partial charge in [0.15, 0.2) is 23.3 Å². The molecule has 2 rings (SSSR count). The van der Waals surface area contributed by atoms with E-state index in [4.69, 9.17) is 11.6 Å². The largest absolute Gasteiger partial charge is 0.326 e. The minimum Gasteiger partial charge on any atom is -0.308 e. The number of rotatable bonds is 2. The molecule has 0 spiro atoms. The first-order valence-corrected chi connectivity index (χ1v) is 6.49. The zero-order valence-corrected chi connectivity index (χ0v) is 12.1. The second-order valence-electron chi connectivity index (χ2n) is 4.36. The molecular formula is C14H6ClF5N2O2. The van der Waals surface area contributed by atoms with E-state index in [0.29, 0.717) is 5.02 Å². The summed E-state index contributed by atoms with van der Waals surface area (Å²) >= 11 is 5.62. The van der Waals surface area contributed by atoms with Gasteiger partial charge in [-0.25, -0.2) is 26.7 Å². The first-order valence-electron chi connectivity index (χ1n) is 6.11. The van der Waals surface area contributed by atoms with Gasteiger partial charge in [-0.15, -0.1) is 0 Å². The third-order valence-corrected chi connectivity index (χ3v) is 3.02. The highest BCUT2D eigenvalue weighted by atomic mass is 35.5. The molecule has 0 saturated heterocycles. The molecule has 0 radical (unpaired) electrons. The second-order valence-corrected chi connectivity index (χ2v) is 4.80. The number of imide groups is 1. The molecule has 0 unspecified atom stereocenters. The van der Waals surface area contributed by atoms with E-state index in [1.54, 1.807) is 0 Å². The molecule has 0 bridgehead atoms. The maximum Gasteiger partial charge on any atom is 0.326 e. The van der Waals surface area contributed by atoms with Gasteiger partial charge in [0.05, 0.1) is 0 Å². The van der Waals surface area contributed by atoms with Crippen LogP contribution in [0.2, 0.25) is 5.02 Å². The fraction of sp³-hybridized carbons (Fsp3) is 0. The number of hydrogen-bond acceptors (Lipinski definition) is 2. The van der Waals surface area contributed by atoms with Crippen LogP contribution < -0.4 is 10.6 Å². The summed E-state index contributed by atoms with van der Waals surface area (Å²) in [6.45, 7) is 0. The molecule has 0 aliphatic heterocycles. The van der Waals surface area contributed by atoms with E-state index < -0.39 is 46.6 Å². The van der Waals surface area contributed by atoms with Crippen molar-refractivity contribution in [3.8, 4) is 0 Å². The van der Waals surface area contributed by atoms with E-state index in [1.165, 1.54) is 29.6 Å². The van der Waals surface area contributed by atoms with Crippen molar-refractivity contribution in [2.24, 2.45) is 0 Å². The average Bonchev–Trinajstić information content (AvgIpc) is 2.53. The molecule has 0 aliphatic rings. The molecule has 24 heavy (non-hydrogen) atoms. The number of benzene rings is 2. The van der Waals surface area contributed by atoms with Crippen molar-refractivity contribution in [1.29, 1.82) is 0 Å². The normalized spacial score (nSPS) is 10.4. The predicted octanol–water partition coefficient (Wildman–Crippen LogP) is 4.00. The van der Waals surface area contributed by atoms with E-state index in [-0.39, 0.29) is 5.69 Å². The van der Waals surface area contributed by atoms with E-state index in [9.17, 15) is 31.5 Å². The van der Waals surface area contributed by atoms with Gasteiger partial charge in [-0.3, -0.25) is 10.1 Å². The third kappa shape index (κ3) is 3.46. The van der Waals surface area contributed by atoms with Crippen LogP contribution in [-0.2, 0) is 0 Å². The average molecular weight is 365 g/mol. The Morgan fingerprint density at radius 1 is 0.792 bits per heavy atom. The Kier molecular flexibility index (Phi) is 5.03. The number of anilines is 1. The van der Waals surface area contributed by atoms with E-state index in [1.807, 2.05) is 0 Å². The van der Waals surface area contributed by atoms with E-state index in [2.05, 4.69) is 5.32 Å². The highest BCUT2D eigenvalue weighted by molar-refractivity contribution is 6.30. The fourth-order valence-electron chi connectivity index (χ4n) is 1.67. The van der Waals surface area contributed by atoms with Crippen molar-refractivity contribution in [3.05, 3.63) is 63.9 Å². The predicted molar refractivity (Wildman–Crippen MR) is 74.2 cm³/mol.